The van der Waals surface area contributed by atoms with Gasteiger partial charge in [0.15, 0.2) is 0 Å². The molecule has 1 aromatic rings. The molecule has 0 spiro atoms. The summed E-state index contributed by atoms with van der Waals surface area (Å²) in [5.41, 5.74) is 2.32. The molecule has 0 unspecified atom stereocenters. The molecule has 0 saturated heterocycles. The molecule has 1 aliphatic rings. The van der Waals surface area contributed by atoms with Gasteiger partial charge in [-0.05, 0) is 12.1 Å². The van der Waals surface area contributed by atoms with Crippen molar-refractivity contribution in [3.05, 3.63) is 35.5 Å². The molecule has 6 nitrogen and oxygen atoms in total. The highest BCUT2D eigenvalue weighted by atomic mass is 16.2. The number of anilines is 2. The molecular formula is C12H9N5O. The Labute approximate surface area is 104 Å². The van der Waals surface area contributed by atoms with Crippen LogP contribution in [0.15, 0.2) is 30.0 Å². The van der Waals surface area contributed by atoms with Crippen molar-refractivity contribution in [1.82, 2.24) is 5.32 Å². The number of nitrogens with one attached hydrogen (secondary N) is 3. The third-order valence-corrected chi connectivity index (χ3v) is 2.46. The number of nitriles is 2. The van der Waals surface area contributed by atoms with E-state index >= 15 is 0 Å². The Balaban J connectivity index is 2.29. The Bertz CT molecular complexity index is 590. The number of amides is 2. The molecule has 88 valence electrons. The van der Waals surface area contributed by atoms with Crippen LogP contribution in [0.3, 0.4) is 0 Å². The largest absolute Gasteiger partial charge is 0.359 e. The van der Waals surface area contributed by atoms with Crippen molar-refractivity contribution < 1.29 is 4.79 Å². The van der Waals surface area contributed by atoms with Gasteiger partial charge < -0.3 is 16.0 Å². The van der Waals surface area contributed by atoms with Crippen molar-refractivity contribution in [2.75, 3.05) is 10.6 Å². The third kappa shape index (κ3) is 2.23. The lowest BCUT2D eigenvalue weighted by molar-refractivity contribution is 0.251. The predicted octanol–water partition coefficient (Wildman–Crippen LogP) is 1.66. The zero-order chi connectivity index (χ0) is 13.0. The average molecular weight is 239 g/mol. The van der Waals surface area contributed by atoms with Crippen molar-refractivity contribution in [3.63, 3.8) is 0 Å². The van der Waals surface area contributed by atoms with Crippen LogP contribution in [0, 0.1) is 22.7 Å². The first-order valence-corrected chi connectivity index (χ1v) is 5.18. The van der Waals surface area contributed by atoms with Crippen LogP contribution < -0.4 is 16.0 Å². The summed E-state index contributed by atoms with van der Waals surface area (Å²) in [6.07, 6.45) is 1.34. The molecule has 2 rings (SSSR count). The first-order chi connectivity index (χ1) is 8.74. The average Bonchev–Trinajstić information content (AvgIpc) is 2.39. The zero-order valence-electron chi connectivity index (χ0n) is 9.32. The molecular weight excluding hydrogens is 230 g/mol. The molecule has 0 atom stereocenters. The van der Waals surface area contributed by atoms with E-state index in [1.165, 1.54) is 6.20 Å². The summed E-state index contributed by atoms with van der Waals surface area (Å²) in [4.78, 5) is 11.2. The second-order valence-electron chi connectivity index (χ2n) is 3.57. The van der Waals surface area contributed by atoms with Crippen LogP contribution in [0.5, 0.6) is 0 Å². The maximum absolute atomic E-state index is 11.2. The molecule has 0 radical (unpaired) electrons. The lowest BCUT2D eigenvalue weighted by Gasteiger charge is -2.20. The molecule has 0 bridgehead atoms. The minimum absolute atomic E-state index is 0.0135. The molecule has 1 aromatic carbocycles. The van der Waals surface area contributed by atoms with Crippen LogP contribution in [0.25, 0.3) is 0 Å². The standard InChI is InChI=1S/C12H9N5O/c13-4-8(5-14)6-15-10-2-1-3-11-9(10)7-16-12(18)17-11/h1-3,6,15H,7H2,(H2,16,17,18). The maximum atomic E-state index is 11.2. The van der Waals surface area contributed by atoms with Gasteiger partial charge in [-0.3, -0.25) is 0 Å². The van der Waals surface area contributed by atoms with E-state index in [1.807, 2.05) is 0 Å². The van der Waals surface area contributed by atoms with E-state index in [0.29, 0.717) is 12.2 Å². The second-order valence-corrected chi connectivity index (χ2v) is 3.57. The Morgan fingerprint density at radius 2 is 2.17 bits per heavy atom. The smallest absolute Gasteiger partial charge is 0.319 e. The van der Waals surface area contributed by atoms with E-state index in [1.54, 1.807) is 30.3 Å². The van der Waals surface area contributed by atoms with E-state index in [-0.39, 0.29) is 11.6 Å². The monoisotopic (exact) mass is 239 g/mol. The highest BCUT2D eigenvalue weighted by Gasteiger charge is 2.16. The summed E-state index contributed by atoms with van der Waals surface area (Å²) in [6.45, 7) is 0.395. The van der Waals surface area contributed by atoms with Gasteiger partial charge in [-0.15, -0.1) is 0 Å². The molecule has 1 aliphatic heterocycles. The van der Waals surface area contributed by atoms with Gasteiger partial charge in [0.2, 0.25) is 0 Å². The molecule has 2 amide bonds. The summed E-state index contributed by atoms with van der Waals surface area (Å²) in [6, 6.07) is 8.65. The summed E-state index contributed by atoms with van der Waals surface area (Å²) in [7, 11) is 0. The molecule has 18 heavy (non-hydrogen) atoms. The number of benzene rings is 1. The number of nitrogens with zero attached hydrogens (tertiary/aromatic N) is 2. The Morgan fingerprint density at radius 3 is 2.89 bits per heavy atom. The number of fused-ring (bicyclic) bond motifs is 1. The van der Waals surface area contributed by atoms with E-state index in [4.69, 9.17) is 10.5 Å². The van der Waals surface area contributed by atoms with Gasteiger partial charge in [0.25, 0.3) is 0 Å². The number of carbonyl (C=O) groups is 1. The summed E-state index contributed by atoms with van der Waals surface area (Å²) in [5.74, 6) is 0. The van der Waals surface area contributed by atoms with Crippen molar-refractivity contribution in [2.24, 2.45) is 0 Å². The van der Waals surface area contributed by atoms with Crippen LogP contribution in [-0.2, 0) is 6.54 Å². The van der Waals surface area contributed by atoms with Crippen LogP contribution in [-0.4, -0.2) is 6.03 Å². The van der Waals surface area contributed by atoms with Gasteiger partial charge in [0.05, 0.1) is 0 Å². The molecule has 0 aromatic heterocycles. The summed E-state index contributed by atoms with van der Waals surface area (Å²) in [5, 5.41) is 25.5. The summed E-state index contributed by atoms with van der Waals surface area (Å²) >= 11 is 0. The Morgan fingerprint density at radius 1 is 1.39 bits per heavy atom. The normalized spacial score (nSPS) is 12.0. The number of carbonyl (C=O) groups excluding carboxylic acids is 1. The summed E-state index contributed by atoms with van der Waals surface area (Å²) < 4.78 is 0. The molecule has 6 heteroatoms. The minimum atomic E-state index is -0.245. The topological polar surface area (TPSA) is 101 Å². The van der Waals surface area contributed by atoms with Crippen LogP contribution >= 0.6 is 0 Å². The van der Waals surface area contributed by atoms with Crippen LogP contribution in [0.2, 0.25) is 0 Å². The molecule has 1 heterocycles. The van der Waals surface area contributed by atoms with Crippen molar-refractivity contribution >= 4 is 17.4 Å². The van der Waals surface area contributed by atoms with Gasteiger partial charge in [-0.2, -0.15) is 10.5 Å². The highest BCUT2D eigenvalue weighted by Crippen LogP contribution is 2.26. The lowest BCUT2D eigenvalue weighted by Crippen LogP contribution is -2.33. The zero-order valence-corrected chi connectivity index (χ0v) is 9.32. The molecule has 3 N–H and O–H groups in total. The van der Waals surface area contributed by atoms with E-state index < -0.39 is 0 Å². The van der Waals surface area contributed by atoms with Crippen molar-refractivity contribution in [2.45, 2.75) is 6.54 Å². The van der Waals surface area contributed by atoms with Gasteiger partial charge >= 0.3 is 6.03 Å². The molecule has 0 saturated carbocycles. The van der Waals surface area contributed by atoms with Crippen LogP contribution in [0.4, 0.5) is 16.2 Å². The van der Waals surface area contributed by atoms with E-state index in [9.17, 15) is 4.79 Å². The highest BCUT2D eigenvalue weighted by molar-refractivity contribution is 5.93. The first kappa shape index (κ1) is 11.5. The van der Waals surface area contributed by atoms with Crippen molar-refractivity contribution in [3.8, 4) is 12.1 Å². The van der Waals surface area contributed by atoms with Crippen molar-refractivity contribution in [1.29, 1.82) is 10.5 Å². The Hall–Kier alpha value is -2.99. The first-order valence-electron chi connectivity index (χ1n) is 5.18. The van der Waals surface area contributed by atoms with Gasteiger partial charge in [-0.1, -0.05) is 6.07 Å². The van der Waals surface area contributed by atoms with Gasteiger partial charge in [-0.25, -0.2) is 4.79 Å². The second kappa shape index (κ2) is 4.89. The quantitative estimate of drug-likeness (QED) is 0.683. The Kier molecular flexibility index (Phi) is 3.13. The van der Waals surface area contributed by atoms with Crippen LogP contribution in [0.1, 0.15) is 5.56 Å². The number of urea groups is 1. The van der Waals surface area contributed by atoms with Gasteiger partial charge in [0, 0.05) is 29.7 Å². The van der Waals surface area contributed by atoms with E-state index in [0.717, 1.165) is 11.3 Å². The van der Waals surface area contributed by atoms with E-state index in [2.05, 4.69) is 16.0 Å². The number of rotatable bonds is 2. The number of allylic oxidation sites excluding steroid dienone is 1. The fourth-order valence-corrected chi connectivity index (χ4v) is 1.60. The number of hydrogen-bond donors (Lipinski definition) is 3. The lowest BCUT2D eigenvalue weighted by atomic mass is 10.1. The molecule has 0 fully saturated rings. The maximum Gasteiger partial charge on any atom is 0.319 e. The fraction of sp³-hybridized carbons (Fsp3) is 0.0833. The van der Waals surface area contributed by atoms with Gasteiger partial charge in [0.1, 0.15) is 17.7 Å². The fourth-order valence-electron chi connectivity index (χ4n) is 1.60. The SMILES string of the molecule is N#CC(C#N)=CNc1cccc2c1CNC(=O)N2. The minimum Gasteiger partial charge on any atom is -0.359 e. The third-order valence-electron chi connectivity index (χ3n) is 2.46. The predicted molar refractivity (Wildman–Crippen MR) is 65.2 cm³/mol. The molecule has 0 aliphatic carbocycles. The number of hydrogen-bond acceptors (Lipinski definition) is 4.